The molecule has 0 radical (unpaired) electrons. The highest BCUT2D eigenvalue weighted by atomic mass is 16.6. The van der Waals surface area contributed by atoms with Gasteiger partial charge in [0, 0.05) is 19.3 Å². The summed E-state index contributed by atoms with van der Waals surface area (Å²) in [5.74, 6) is -0.987. The molecule has 0 aromatic heterocycles. The number of hydrogen-bond acceptors (Lipinski definition) is 6. The molecule has 0 aliphatic rings. The van der Waals surface area contributed by atoms with Gasteiger partial charge in [0.05, 0.1) is 0 Å². The summed E-state index contributed by atoms with van der Waals surface area (Å²) in [6, 6.07) is 0. The van der Waals surface area contributed by atoms with E-state index < -0.39 is 6.10 Å². The summed E-state index contributed by atoms with van der Waals surface area (Å²) in [5, 5.41) is 0. The minimum atomic E-state index is -0.801. The molecule has 0 rings (SSSR count). The van der Waals surface area contributed by atoms with Crippen LogP contribution in [0.25, 0.3) is 0 Å². The Bertz CT molecular complexity index is 1250. The van der Waals surface area contributed by atoms with Gasteiger partial charge in [-0.25, -0.2) is 0 Å². The van der Waals surface area contributed by atoms with Crippen molar-refractivity contribution in [3.05, 3.63) is 97.2 Å². The molecule has 0 saturated heterocycles. The fourth-order valence-electron chi connectivity index (χ4n) is 6.36. The van der Waals surface area contributed by atoms with Crippen LogP contribution in [0.5, 0.6) is 0 Å². The van der Waals surface area contributed by atoms with E-state index in [0.29, 0.717) is 19.3 Å². The number of carbonyl (C=O) groups excluding carboxylic acids is 3. The molecule has 0 spiro atoms. The van der Waals surface area contributed by atoms with E-state index in [2.05, 4.69) is 118 Å². The number of allylic oxidation sites excluding steroid dienone is 16. The van der Waals surface area contributed by atoms with Gasteiger partial charge in [-0.2, -0.15) is 0 Å². The molecule has 0 aromatic carbocycles. The van der Waals surface area contributed by atoms with E-state index >= 15 is 0 Å². The summed E-state index contributed by atoms with van der Waals surface area (Å²) >= 11 is 0. The molecule has 0 fully saturated rings. The smallest absolute Gasteiger partial charge is 0.306 e. The maximum Gasteiger partial charge on any atom is 0.306 e. The first-order valence-electron chi connectivity index (χ1n) is 24.7. The molecule has 0 aliphatic heterocycles. The van der Waals surface area contributed by atoms with Crippen molar-refractivity contribution in [3.8, 4) is 0 Å². The zero-order valence-electron chi connectivity index (χ0n) is 39.4. The van der Waals surface area contributed by atoms with Crippen LogP contribution >= 0.6 is 0 Å². The third kappa shape index (κ3) is 47.2. The molecule has 0 bridgehead atoms. The zero-order valence-corrected chi connectivity index (χ0v) is 39.4. The molecular weight excluding hydrogens is 757 g/mol. The second-order valence-corrected chi connectivity index (χ2v) is 16.0. The summed E-state index contributed by atoms with van der Waals surface area (Å²) in [7, 11) is 0. The van der Waals surface area contributed by atoms with E-state index in [-0.39, 0.29) is 37.5 Å². The molecule has 0 aliphatic carbocycles. The summed E-state index contributed by atoms with van der Waals surface area (Å²) in [6.07, 6.45) is 64.2. The van der Waals surface area contributed by atoms with Gasteiger partial charge in [-0.1, -0.05) is 195 Å². The fourth-order valence-corrected chi connectivity index (χ4v) is 6.36. The Kier molecular flexibility index (Phi) is 46.0. The number of hydrogen-bond donors (Lipinski definition) is 0. The van der Waals surface area contributed by atoms with Gasteiger partial charge in [-0.05, 0) is 96.3 Å². The lowest BCUT2D eigenvalue weighted by Crippen LogP contribution is -2.30. The molecule has 6 nitrogen and oxygen atoms in total. The monoisotopic (exact) mass is 847 g/mol. The maximum atomic E-state index is 12.7. The SMILES string of the molecule is CC/C=C\C/C=C\C/C=C\C/C=C\C/C=C\C/C=C\C/C=C\CCCC(=O)OCC(COC(=O)CCCCCCCC)OC(=O)CCCCCCC/C=C\CCCCCCC. The Morgan fingerprint density at radius 3 is 1.08 bits per heavy atom. The summed E-state index contributed by atoms with van der Waals surface area (Å²) in [5.41, 5.74) is 0. The first-order valence-corrected chi connectivity index (χ1v) is 24.7. The predicted molar refractivity (Wildman–Crippen MR) is 260 cm³/mol. The van der Waals surface area contributed by atoms with Crippen LogP contribution in [-0.4, -0.2) is 37.2 Å². The van der Waals surface area contributed by atoms with Crippen molar-refractivity contribution in [2.24, 2.45) is 0 Å². The highest BCUT2D eigenvalue weighted by Crippen LogP contribution is 2.12. The second kappa shape index (κ2) is 49.0. The standard InChI is InChI=1S/C55H90O6/c1-4-7-10-13-16-18-20-22-24-25-26-27-28-29-30-31-32-34-35-37-39-42-45-48-54(57)60-51-52(50-59-53(56)47-44-41-15-12-9-6-3)61-55(58)49-46-43-40-38-36-33-23-21-19-17-14-11-8-5-2/h7,10,16,18,21-24,26-27,29-30,32,34,37,39,52H,4-6,8-9,11-15,17,19-20,25,28,31,33,35-36,38,40-51H2,1-3H3/b10-7-,18-16-,23-21-,24-22-,27-26-,30-29-,34-32-,39-37-. The van der Waals surface area contributed by atoms with E-state index in [1.807, 2.05) is 0 Å². The van der Waals surface area contributed by atoms with Crippen LogP contribution in [0.1, 0.15) is 213 Å². The Morgan fingerprint density at radius 1 is 0.344 bits per heavy atom. The van der Waals surface area contributed by atoms with Crippen LogP contribution in [0.3, 0.4) is 0 Å². The van der Waals surface area contributed by atoms with Crippen LogP contribution in [0.4, 0.5) is 0 Å². The molecular formula is C55H90O6. The minimum absolute atomic E-state index is 0.0999. The molecule has 0 aromatic rings. The highest BCUT2D eigenvalue weighted by molar-refractivity contribution is 5.71. The molecule has 1 atom stereocenters. The van der Waals surface area contributed by atoms with Gasteiger partial charge in [-0.3, -0.25) is 14.4 Å². The van der Waals surface area contributed by atoms with E-state index in [1.54, 1.807) is 0 Å². The third-order valence-electron chi connectivity index (χ3n) is 10.1. The number of ether oxygens (including phenoxy) is 3. The van der Waals surface area contributed by atoms with Gasteiger partial charge in [-0.15, -0.1) is 0 Å². The molecule has 0 saturated carbocycles. The lowest BCUT2D eigenvalue weighted by atomic mass is 10.1. The normalized spacial score (nSPS) is 12.9. The molecule has 0 heterocycles. The number of unbranched alkanes of at least 4 members (excludes halogenated alkanes) is 16. The Labute approximate surface area is 375 Å². The van der Waals surface area contributed by atoms with Crippen LogP contribution < -0.4 is 0 Å². The van der Waals surface area contributed by atoms with Gasteiger partial charge < -0.3 is 14.2 Å². The van der Waals surface area contributed by atoms with Gasteiger partial charge in [0.25, 0.3) is 0 Å². The third-order valence-corrected chi connectivity index (χ3v) is 10.1. The first kappa shape index (κ1) is 57.3. The number of rotatable bonds is 43. The number of esters is 3. The zero-order chi connectivity index (χ0) is 44.4. The van der Waals surface area contributed by atoms with Crippen molar-refractivity contribution in [2.75, 3.05) is 13.2 Å². The average Bonchev–Trinajstić information content (AvgIpc) is 3.26. The lowest BCUT2D eigenvalue weighted by Gasteiger charge is -2.18. The molecule has 346 valence electrons. The van der Waals surface area contributed by atoms with Crippen LogP contribution in [0, 0.1) is 0 Å². The van der Waals surface area contributed by atoms with Crippen molar-refractivity contribution in [1.29, 1.82) is 0 Å². The van der Waals surface area contributed by atoms with E-state index in [4.69, 9.17) is 14.2 Å². The van der Waals surface area contributed by atoms with Crippen molar-refractivity contribution in [3.63, 3.8) is 0 Å². The van der Waals surface area contributed by atoms with Gasteiger partial charge in [0.15, 0.2) is 6.10 Å². The van der Waals surface area contributed by atoms with Crippen molar-refractivity contribution < 1.29 is 28.6 Å². The summed E-state index contributed by atoms with van der Waals surface area (Å²) in [6.45, 7) is 6.38. The van der Waals surface area contributed by atoms with Gasteiger partial charge >= 0.3 is 17.9 Å². The second-order valence-electron chi connectivity index (χ2n) is 16.0. The average molecular weight is 847 g/mol. The predicted octanol–water partition coefficient (Wildman–Crippen LogP) is 16.2. The molecule has 0 N–H and O–H groups in total. The van der Waals surface area contributed by atoms with E-state index in [0.717, 1.165) is 103 Å². The Hall–Kier alpha value is -3.67. The quantitative estimate of drug-likeness (QED) is 0.0263. The Balaban J connectivity index is 4.35. The van der Waals surface area contributed by atoms with Crippen LogP contribution in [0.15, 0.2) is 97.2 Å². The largest absolute Gasteiger partial charge is 0.462 e. The Morgan fingerprint density at radius 2 is 0.656 bits per heavy atom. The molecule has 1 unspecified atom stereocenters. The van der Waals surface area contributed by atoms with Gasteiger partial charge in [0.1, 0.15) is 13.2 Å². The van der Waals surface area contributed by atoms with Crippen molar-refractivity contribution in [1.82, 2.24) is 0 Å². The molecule has 61 heavy (non-hydrogen) atoms. The van der Waals surface area contributed by atoms with Gasteiger partial charge in [0.2, 0.25) is 0 Å². The maximum absolute atomic E-state index is 12.7. The van der Waals surface area contributed by atoms with E-state index in [9.17, 15) is 14.4 Å². The minimum Gasteiger partial charge on any atom is -0.462 e. The van der Waals surface area contributed by atoms with Crippen LogP contribution in [-0.2, 0) is 28.6 Å². The molecule has 6 heteroatoms. The topological polar surface area (TPSA) is 78.9 Å². The fraction of sp³-hybridized carbons (Fsp3) is 0.655. The van der Waals surface area contributed by atoms with Crippen LogP contribution in [0.2, 0.25) is 0 Å². The first-order chi connectivity index (χ1) is 30.0. The lowest BCUT2D eigenvalue weighted by molar-refractivity contribution is -0.167. The summed E-state index contributed by atoms with van der Waals surface area (Å²) < 4.78 is 16.6. The highest BCUT2D eigenvalue weighted by Gasteiger charge is 2.19. The van der Waals surface area contributed by atoms with Crippen molar-refractivity contribution >= 4 is 17.9 Å². The van der Waals surface area contributed by atoms with Crippen molar-refractivity contribution in [2.45, 2.75) is 219 Å². The van der Waals surface area contributed by atoms with E-state index in [1.165, 1.54) is 64.2 Å². The summed E-state index contributed by atoms with van der Waals surface area (Å²) in [4.78, 5) is 37.6. The molecule has 0 amide bonds. The number of carbonyl (C=O) groups is 3.